The van der Waals surface area contributed by atoms with Crippen LogP contribution in [0.1, 0.15) is 22.8 Å². The fraction of sp³-hybridized carbons (Fsp3) is 0.133. The highest BCUT2D eigenvalue weighted by Gasteiger charge is 2.16. The topological polar surface area (TPSA) is 63.2 Å². The van der Waals surface area contributed by atoms with E-state index in [1.165, 1.54) is 13.0 Å². The van der Waals surface area contributed by atoms with E-state index in [0.717, 1.165) is 5.56 Å². The molecule has 0 radical (unpaired) electrons. The summed E-state index contributed by atoms with van der Waals surface area (Å²) in [7, 11) is -3.69. The third-order valence-corrected chi connectivity index (χ3v) is 5.02. The van der Waals surface area contributed by atoms with E-state index in [-0.39, 0.29) is 10.7 Å². The minimum atomic E-state index is -3.69. The van der Waals surface area contributed by atoms with Crippen LogP contribution in [-0.4, -0.2) is 14.2 Å². The summed E-state index contributed by atoms with van der Waals surface area (Å²) in [6.45, 7) is 3.32. The molecule has 0 heterocycles. The Labute approximate surface area is 132 Å². The fourth-order valence-corrected chi connectivity index (χ4v) is 3.29. The molecular weight excluding hydrogens is 354 g/mol. The normalized spacial score (nSPS) is 11.2. The molecule has 0 spiro atoms. The lowest BCUT2D eigenvalue weighted by atomic mass is 10.1. The summed E-state index contributed by atoms with van der Waals surface area (Å²) in [5, 5.41) is 0. The lowest BCUT2D eigenvalue weighted by Crippen LogP contribution is -2.13. The smallest absolute Gasteiger partial charge is 0.261 e. The molecule has 0 aliphatic rings. The molecule has 1 N–H and O–H groups in total. The molecule has 0 unspecified atom stereocenters. The summed E-state index contributed by atoms with van der Waals surface area (Å²) in [6.07, 6.45) is 0. The Balaban J connectivity index is 2.38. The van der Waals surface area contributed by atoms with Crippen LogP contribution in [0.15, 0.2) is 51.8 Å². The molecule has 0 atom stereocenters. The SMILES string of the molecule is CC(=O)c1ccc(Br)c(NS(=O)(=O)c2ccc(C)cc2)c1. The van der Waals surface area contributed by atoms with Crippen molar-refractivity contribution in [2.75, 3.05) is 4.72 Å². The van der Waals surface area contributed by atoms with Gasteiger partial charge in [0.1, 0.15) is 0 Å². The summed E-state index contributed by atoms with van der Waals surface area (Å²) in [5.41, 5.74) is 1.76. The van der Waals surface area contributed by atoms with Gasteiger partial charge in [-0.3, -0.25) is 9.52 Å². The second kappa shape index (κ2) is 5.99. The van der Waals surface area contributed by atoms with Crippen molar-refractivity contribution in [2.45, 2.75) is 18.7 Å². The first-order chi connectivity index (χ1) is 9.79. The number of Topliss-reactive ketones (excluding diaryl/α,β-unsaturated/α-hetero) is 1. The Bertz CT molecular complexity index is 783. The first-order valence-corrected chi connectivity index (χ1v) is 8.47. The number of hydrogen-bond donors (Lipinski definition) is 1. The number of sulfonamides is 1. The van der Waals surface area contributed by atoms with E-state index in [1.807, 2.05) is 6.92 Å². The molecule has 2 aromatic carbocycles. The molecule has 6 heteroatoms. The van der Waals surface area contributed by atoms with Crippen molar-refractivity contribution in [3.63, 3.8) is 0 Å². The lowest BCUT2D eigenvalue weighted by molar-refractivity contribution is 0.101. The quantitative estimate of drug-likeness (QED) is 0.836. The van der Waals surface area contributed by atoms with Gasteiger partial charge in [0.25, 0.3) is 10.0 Å². The van der Waals surface area contributed by atoms with Crippen LogP contribution in [0.4, 0.5) is 5.69 Å². The van der Waals surface area contributed by atoms with Crippen LogP contribution in [0.5, 0.6) is 0 Å². The summed E-state index contributed by atoms with van der Waals surface area (Å²) in [5.74, 6) is -0.127. The van der Waals surface area contributed by atoms with Crippen LogP contribution in [0.25, 0.3) is 0 Å². The highest BCUT2D eigenvalue weighted by atomic mass is 79.9. The standard InChI is InChI=1S/C15H14BrNO3S/c1-10-3-6-13(7-4-10)21(19,20)17-15-9-12(11(2)18)5-8-14(15)16/h3-9,17H,1-2H3. The summed E-state index contributed by atoms with van der Waals surface area (Å²) >= 11 is 3.28. The van der Waals surface area contributed by atoms with Crippen molar-refractivity contribution in [1.82, 2.24) is 0 Å². The Kier molecular flexibility index (Phi) is 4.49. The van der Waals surface area contributed by atoms with Gasteiger partial charge >= 0.3 is 0 Å². The van der Waals surface area contributed by atoms with Gasteiger partial charge in [0, 0.05) is 10.0 Å². The molecule has 0 aliphatic heterocycles. The first kappa shape index (κ1) is 15.7. The summed E-state index contributed by atoms with van der Waals surface area (Å²) in [6, 6.07) is 11.3. The van der Waals surface area contributed by atoms with Crippen molar-refractivity contribution in [2.24, 2.45) is 0 Å². The van der Waals surface area contributed by atoms with Crippen molar-refractivity contribution in [3.8, 4) is 0 Å². The number of carbonyl (C=O) groups is 1. The number of anilines is 1. The van der Waals surface area contributed by atoms with E-state index in [0.29, 0.717) is 15.7 Å². The zero-order valence-corrected chi connectivity index (χ0v) is 14.0. The van der Waals surface area contributed by atoms with Crippen LogP contribution < -0.4 is 4.72 Å². The average Bonchev–Trinajstić information content (AvgIpc) is 2.41. The number of aryl methyl sites for hydroxylation is 1. The number of carbonyl (C=O) groups excluding carboxylic acids is 1. The predicted octanol–water partition coefficient (Wildman–Crippen LogP) is 3.76. The second-order valence-electron chi connectivity index (χ2n) is 4.67. The average molecular weight is 368 g/mol. The summed E-state index contributed by atoms with van der Waals surface area (Å²) < 4.78 is 27.7. The molecule has 2 rings (SSSR count). The second-order valence-corrected chi connectivity index (χ2v) is 7.21. The number of nitrogens with one attached hydrogen (secondary N) is 1. The molecule has 4 nitrogen and oxygen atoms in total. The fourth-order valence-electron chi connectivity index (χ4n) is 1.74. The summed E-state index contributed by atoms with van der Waals surface area (Å²) in [4.78, 5) is 11.6. The third kappa shape index (κ3) is 3.71. The molecule has 110 valence electrons. The Morgan fingerprint density at radius 1 is 1.10 bits per heavy atom. The van der Waals surface area contributed by atoms with Crippen LogP contribution in [-0.2, 0) is 10.0 Å². The molecular formula is C15H14BrNO3S. The molecule has 0 saturated heterocycles. The minimum Gasteiger partial charge on any atom is -0.295 e. The van der Waals surface area contributed by atoms with Crippen molar-refractivity contribution < 1.29 is 13.2 Å². The van der Waals surface area contributed by atoms with Crippen LogP contribution in [0.3, 0.4) is 0 Å². The van der Waals surface area contributed by atoms with Gasteiger partial charge in [-0.05, 0) is 54.0 Å². The van der Waals surface area contributed by atoms with Gasteiger partial charge in [0.05, 0.1) is 10.6 Å². The number of hydrogen-bond acceptors (Lipinski definition) is 3. The molecule has 0 aromatic heterocycles. The highest BCUT2D eigenvalue weighted by molar-refractivity contribution is 9.10. The predicted molar refractivity (Wildman–Crippen MR) is 86.1 cm³/mol. The van der Waals surface area contributed by atoms with Crippen LogP contribution in [0.2, 0.25) is 0 Å². The molecule has 0 bridgehead atoms. The van der Waals surface area contributed by atoms with E-state index in [4.69, 9.17) is 0 Å². The number of halogens is 1. The van der Waals surface area contributed by atoms with E-state index in [2.05, 4.69) is 20.7 Å². The molecule has 2 aromatic rings. The maximum Gasteiger partial charge on any atom is 0.261 e. The Hall–Kier alpha value is -1.66. The maximum absolute atomic E-state index is 12.3. The van der Waals surface area contributed by atoms with Gasteiger partial charge < -0.3 is 0 Å². The molecule has 21 heavy (non-hydrogen) atoms. The monoisotopic (exact) mass is 367 g/mol. The van der Waals surface area contributed by atoms with Crippen LogP contribution >= 0.6 is 15.9 Å². The Morgan fingerprint density at radius 2 is 1.71 bits per heavy atom. The largest absolute Gasteiger partial charge is 0.295 e. The molecule has 0 fully saturated rings. The number of benzene rings is 2. The molecule has 0 saturated carbocycles. The zero-order chi connectivity index (χ0) is 15.6. The molecule has 0 aliphatic carbocycles. The number of ketones is 1. The van der Waals surface area contributed by atoms with Crippen molar-refractivity contribution >= 4 is 37.4 Å². The van der Waals surface area contributed by atoms with Gasteiger partial charge in [-0.15, -0.1) is 0 Å². The van der Waals surface area contributed by atoms with Gasteiger partial charge in [-0.2, -0.15) is 0 Å². The van der Waals surface area contributed by atoms with Crippen molar-refractivity contribution in [3.05, 3.63) is 58.1 Å². The van der Waals surface area contributed by atoms with Gasteiger partial charge in [0.2, 0.25) is 0 Å². The highest BCUT2D eigenvalue weighted by Crippen LogP contribution is 2.26. The van der Waals surface area contributed by atoms with Gasteiger partial charge in [-0.1, -0.05) is 23.8 Å². The van der Waals surface area contributed by atoms with Crippen molar-refractivity contribution in [1.29, 1.82) is 0 Å². The van der Waals surface area contributed by atoms with E-state index in [9.17, 15) is 13.2 Å². The van der Waals surface area contributed by atoms with E-state index >= 15 is 0 Å². The Morgan fingerprint density at radius 3 is 2.29 bits per heavy atom. The third-order valence-electron chi connectivity index (χ3n) is 2.95. The van der Waals surface area contributed by atoms with Crippen LogP contribution in [0, 0.1) is 6.92 Å². The zero-order valence-electron chi connectivity index (χ0n) is 11.6. The lowest BCUT2D eigenvalue weighted by Gasteiger charge is -2.11. The number of rotatable bonds is 4. The first-order valence-electron chi connectivity index (χ1n) is 6.19. The minimum absolute atomic E-state index is 0.127. The maximum atomic E-state index is 12.3. The van der Waals surface area contributed by atoms with E-state index < -0.39 is 10.0 Å². The van der Waals surface area contributed by atoms with Gasteiger partial charge in [-0.25, -0.2) is 8.42 Å². The van der Waals surface area contributed by atoms with Gasteiger partial charge in [0.15, 0.2) is 5.78 Å². The van der Waals surface area contributed by atoms with E-state index in [1.54, 1.807) is 36.4 Å². The molecule has 0 amide bonds.